The topological polar surface area (TPSA) is 99.4 Å². The number of hydrogen-bond acceptors (Lipinski definition) is 7. The number of fused-ring (bicyclic) bond motifs is 1. The van der Waals surface area contributed by atoms with Crippen LogP contribution < -0.4 is 14.9 Å². The second-order valence-corrected chi connectivity index (χ2v) is 6.15. The summed E-state index contributed by atoms with van der Waals surface area (Å²) < 4.78 is 20.6. The Hall–Kier alpha value is -3.52. The van der Waals surface area contributed by atoms with Gasteiger partial charge in [0.05, 0.1) is 25.5 Å². The van der Waals surface area contributed by atoms with E-state index in [4.69, 9.17) is 25.5 Å². The Balaban J connectivity index is 1.70. The molecule has 150 valence electrons. The summed E-state index contributed by atoms with van der Waals surface area (Å²) in [5.74, 6) is -0.407. The van der Waals surface area contributed by atoms with E-state index in [1.165, 1.54) is 20.4 Å². The van der Waals surface area contributed by atoms with Crippen molar-refractivity contribution in [3.05, 3.63) is 58.8 Å². The highest BCUT2D eigenvalue weighted by Gasteiger charge is 2.14. The largest absolute Gasteiger partial charge is 0.493 e. The zero-order valence-electron chi connectivity index (χ0n) is 15.6. The highest BCUT2D eigenvalue weighted by atomic mass is 35.5. The van der Waals surface area contributed by atoms with Crippen LogP contribution in [-0.2, 0) is 9.53 Å². The maximum absolute atomic E-state index is 12.2. The SMILES string of the molecule is COC(=O)COc1c(Cl)cc(/C=N/NC(=O)c2cc3ccccc3o2)cc1OC. The lowest BCUT2D eigenvalue weighted by atomic mass is 10.2. The minimum Gasteiger partial charge on any atom is -0.493 e. The van der Waals surface area contributed by atoms with Gasteiger partial charge in [-0.3, -0.25) is 4.79 Å². The molecule has 0 aliphatic heterocycles. The average molecular weight is 417 g/mol. The number of para-hydroxylation sites is 1. The molecule has 8 nitrogen and oxygen atoms in total. The van der Waals surface area contributed by atoms with Gasteiger partial charge in [-0.2, -0.15) is 5.10 Å². The zero-order valence-corrected chi connectivity index (χ0v) is 16.4. The number of hydrogen-bond donors (Lipinski definition) is 1. The van der Waals surface area contributed by atoms with Gasteiger partial charge >= 0.3 is 11.9 Å². The summed E-state index contributed by atoms with van der Waals surface area (Å²) in [7, 11) is 2.69. The fourth-order valence-electron chi connectivity index (χ4n) is 2.46. The Morgan fingerprint density at radius 2 is 2.00 bits per heavy atom. The summed E-state index contributed by atoms with van der Waals surface area (Å²) in [4.78, 5) is 23.4. The molecule has 1 amide bonds. The molecule has 1 aromatic heterocycles. The molecule has 1 heterocycles. The lowest BCUT2D eigenvalue weighted by molar-refractivity contribution is -0.142. The summed E-state index contributed by atoms with van der Waals surface area (Å²) >= 11 is 6.20. The minimum atomic E-state index is -0.554. The van der Waals surface area contributed by atoms with Gasteiger partial charge in [0.15, 0.2) is 23.9 Å². The first-order valence-electron chi connectivity index (χ1n) is 8.41. The predicted molar refractivity (Wildman–Crippen MR) is 107 cm³/mol. The predicted octanol–water partition coefficient (Wildman–Crippen LogP) is 3.41. The molecule has 1 N–H and O–H groups in total. The van der Waals surface area contributed by atoms with E-state index in [1.54, 1.807) is 24.3 Å². The number of furan rings is 1. The number of nitrogens with zero attached hydrogens (tertiary/aromatic N) is 1. The lowest BCUT2D eigenvalue weighted by Gasteiger charge is -2.12. The van der Waals surface area contributed by atoms with Crippen LogP contribution in [-0.4, -0.2) is 38.9 Å². The van der Waals surface area contributed by atoms with Crippen LogP contribution in [0.25, 0.3) is 11.0 Å². The number of rotatable bonds is 7. The van der Waals surface area contributed by atoms with Gasteiger partial charge in [0.25, 0.3) is 0 Å². The van der Waals surface area contributed by atoms with Crippen molar-refractivity contribution in [1.29, 1.82) is 0 Å². The molecule has 29 heavy (non-hydrogen) atoms. The molecule has 3 rings (SSSR count). The Morgan fingerprint density at radius 3 is 2.72 bits per heavy atom. The third-order valence-corrected chi connectivity index (χ3v) is 4.12. The van der Waals surface area contributed by atoms with Crippen molar-refractivity contribution in [3.63, 3.8) is 0 Å². The first-order chi connectivity index (χ1) is 14.0. The first-order valence-corrected chi connectivity index (χ1v) is 8.78. The molecule has 0 unspecified atom stereocenters. The van der Waals surface area contributed by atoms with Crippen molar-refractivity contribution < 1.29 is 28.2 Å². The van der Waals surface area contributed by atoms with Crippen molar-refractivity contribution in [3.8, 4) is 11.5 Å². The number of ether oxygens (including phenoxy) is 3. The van der Waals surface area contributed by atoms with Crippen LogP contribution in [0.15, 0.2) is 52.0 Å². The number of carbonyl (C=O) groups excluding carboxylic acids is 2. The van der Waals surface area contributed by atoms with E-state index in [1.807, 2.05) is 18.2 Å². The van der Waals surface area contributed by atoms with Crippen molar-refractivity contribution in [2.24, 2.45) is 5.10 Å². The average Bonchev–Trinajstić information content (AvgIpc) is 3.16. The van der Waals surface area contributed by atoms with Crippen molar-refractivity contribution in [1.82, 2.24) is 5.43 Å². The van der Waals surface area contributed by atoms with Gasteiger partial charge in [-0.25, -0.2) is 10.2 Å². The molecule has 9 heteroatoms. The second kappa shape index (κ2) is 9.11. The Morgan fingerprint density at radius 1 is 1.21 bits per heavy atom. The summed E-state index contributed by atoms with van der Waals surface area (Å²) in [6.45, 7) is -0.312. The first kappa shape index (κ1) is 20.2. The second-order valence-electron chi connectivity index (χ2n) is 5.75. The van der Waals surface area contributed by atoms with E-state index < -0.39 is 11.9 Å². The Labute approximate surface area is 171 Å². The number of esters is 1. The van der Waals surface area contributed by atoms with Crippen LogP contribution in [0.1, 0.15) is 16.1 Å². The standard InChI is InChI=1S/C20H17ClN2O6/c1-26-16-8-12(7-14(21)19(16)28-11-18(24)27-2)10-22-23-20(25)17-9-13-5-3-4-6-15(13)29-17/h3-10H,11H2,1-2H3,(H,23,25)/b22-10+. The number of halogens is 1. The van der Waals surface area contributed by atoms with Gasteiger partial charge in [0.1, 0.15) is 5.58 Å². The van der Waals surface area contributed by atoms with E-state index >= 15 is 0 Å². The van der Waals surface area contributed by atoms with E-state index in [-0.39, 0.29) is 23.1 Å². The molecule has 0 saturated heterocycles. The van der Waals surface area contributed by atoms with Crippen LogP contribution in [0.4, 0.5) is 0 Å². The molecule has 3 aromatic rings. The molecule has 0 radical (unpaired) electrons. The number of hydrazone groups is 1. The molecule has 0 saturated carbocycles. The maximum atomic E-state index is 12.2. The monoisotopic (exact) mass is 416 g/mol. The lowest BCUT2D eigenvalue weighted by Crippen LogP contribution is -2.16. The van der Waals surface area contributed by atoms with Gasteiger partial charge in [-0.05, 0) is 29.8 Å². The zero-order chi connectivity index (χ0) is 20.8. The van der Waals surface area contributed by atoms with Crippen molar-refractivity contribution in [2.75, 3.05) is 20.8 Å². The van der Waals surface area contributed by atoms with Crippen molar-refractivity contribution in [2.45, 2.75) is 0 Å². The fourth-order valence-corrected chi connectivity index (χ4v) is 2.73. The third-order valence-electron chi connectivity index (χ3n) is 3.84. The molecule has 0 aliphatic carbocycles. The molecule has 0 bridgehead atoms. The maximum Gasteiger partial charge on any atom is 0.343 e. The number of nitrogens with one attached hydrogen (secondary N) is 1. The Bertz CT molecular complexity index is 1040. The molecule has 0 aliphatic rings. The van der Waals surface area contributed by atoms with Crippen LogP contribution in [0.2, 0.25) is 5.02 Å². The number of benzene rings is 2. The number of carbonyl (C=O) groups is 2. The third kappa shape index (κ3) is 4.85. The van der Waals surface area contributed by atoms with Crippen LogP contribution in [0.3, 0.4) is 0 Å². The van der Waals surface area contributed by atoms with Crippen LogP contribution in [0, 0.1) is 0 Å². The van der Waals surface area contributed by atoms with Gasteiger partial charge < -0.3 is 18.6 Å². The smallest absolute Gasteiger partial charge is 0.343 e. The molecular formula is C20H17ClN2O6. The molecule has 0 spiro atoms. The van der Waals surface area contributed by atoms with E-state index in [9.17, 15) is 9.59 Å². The number of amides is 1. The van der Waals surface area contributed by atoms with Gasteiger partial charge in [-0.15, -0.1) is 0 Å². The van der Waals surface area contributed by atoms with E-state index in [2.05, 4.69) is 15.3 Å². The minimum absolute atomic E-state index is 0.144. The number of methoxy groups -OCH3 is 2. The van der Waals surface area contributed by atoms with Gasteiger partial charge in [0, 0.05) is 5.39 Å². The quantitative estimate of drug-likeness (QED) is 0.360. The summed E-state index contributed by atoms with van der Waals surface area (Å²) in [6.07, 6.45) is 1.39. The Kier molecular flexibility index (Phi) is 6.36. The van der Waals surface area contributed by atoms with Crippen LogP contribution >= 0.6 is 11.6 Å². The molecule has 0 fully saturated rings. The normalized spacial score (nSPS) is 10.9. The van der Waals surface area contributed by atoms with Crippen molar-refractivity contribution >= 4 is 40.7 Å². The highest BCUT2D eigenvalue weighted by Crippen LogP contribution is 2.36. The molecule has 2 aromatic carbocycles. The summed E-state index contributed by atoms with van der Waals surface area (Å²) in [6, 6.07) is 12.1. The van der Waals surface area contributed by atoms with Crippen LogP contribution in [0.5, 0.6) is 11.5 Å². The fraction of sp³-hybridized carbons (Fsp3) is 0.150. The van der Waals surface area contributed by atoms with E-state index in [0.29, 0.717) is 16.9 Å². The molecule has 0 atom stereocenters. The highest BCUT2D eigenvalue weighted by molar-refractivity contribution is 6.32. The summed E-state index contributed by atoms with van der Waals surface area (Å²) in [5, 5.41) is 4.93. The van der Waals surface area contributed by atoms with Gasteiger partial charge in [0.2, 0.25) is 0 Å². The molecular weight excluding hydrogens is 400 g/mol. The van der Waals surface area contributed by atoms with Gasteiger partial charge in [-0.1, -0.05) is 29.8 Å². The van der Waals surface area contributed by atoms with E-state index in [0.717, 1.165) is 5.39 Å². The summed E-state index contributed by atoms with van der Waals surface area (Å²) in [5.41, 5.74) is 3.54.